The molecule has 0 aliphatic carbocycles. The van der Waals surface area contributed by atoms with Gasteiger partial charge in [-0.3, -0.25) is 5.43 Å². The minimum absolute atomic E-state index is 0.120. The van der Waals surface area contributed by atoms with Crippen LogP contribution in [-0.4, -0.2) is 21.5 Å². The van der Waals surface area contributed by atoms with Crippen molar-refractivity contribution in [2.45, 2.75) is 6.92 Å². The highest BCUT2D eigenvalue weighted by atomic mass is 32.1. The predicted octanol–water partition coefficient (Wildman–Crippen LogP) is 1.21. The second-order valence-electron chi connectivity index (χ2n) is 3.51. The Morgan fingerprint density at radius 3 is 3.06 bits per heavy atom. The average molecular weight is 261 g/mol. The number of thiocarbonyl (C=S) groups is 1. The average Bonchev–Trinajstić information content (AvgIpc) is 2.76. The number of nitrogens with zero attached hydrogens (tertiary/aromatic N) is 3. The van der Waals surface area contributed by atoms with Gasteiger partial charge < -0.3 is 10.3 Å². The van der Waals surface area contributed by atoms with Gasteiger partial charge in [0.15, 0.2) is 10.9 Å². The third-order valence-electron chi connectivity index (χ3n) is 2.05. The predicted molar refractivity (Wildman–Crippen MR) is 72.0 cm³/mol. The summed E-state index contributed by atoms with van der Waals surface area (Å²) in [5.74, 6) is 1.07. The van der Waals surface area contributed by atoms with Crippen molar-refractivity contribution < 1.29 is 4.52 Å². The van der Waals surface area contributed by atoms with Gasteiger partial charge in [-0.05, 0) is 36.8 Å². The zero-order valence-electron chi connectivity index (χ0n) is 9.62. The summed E-state index contributed by atoms with van der Waals surface area (Å²) >= 11 is 4.64. The molecule has 1 aromatic heterocycles. The fourth-order valence-corrected chi connectivity index (χ4v) is 1.39. The van der Waals surface area contributed by atoms with E-state index >= 15 is 0 Å². The van der Waals surface area contributed by atoms with Crippen molar-refractivity contribution in [3.63, 3.8) is 0 Å². The lowest BCUT2D eigenvalue weighted by atomic mass is 10.1. The number of benzene rings is 1. The van der Waals surface area contributed by atoms with Gasteiger partial charge in [0.05, 0.1) is 6.21 Å². The van der Waals surface area contributed by atoms with Crippen molar-refractivity contribution >= 4 is 23.5 Å². The second-order valence-corrected chi connectivity index (χ2v) is 3.95. The number of rotatable bonds is 3. The van der Waals surface area contributed by atoms with Crippen LogP contribution in [0.25, 0.3) is 11.5 Å². The standard InChI is InChI=1S/C11H11N5OS/c1-7-14-10(17-16-7)9-4-2-3-8(5-9)6-13-15-11(12)18/h2-6H,1H3,(H3,12,15,18). The van der Waals surface area contributed by atoms with Gasteiger partial charge in [-0.2, -0.15) is 10.1 Å². The van der Waals surface area contributed by atoms with Gasteiger partial charge >= 0.3 is 0 Å². The highest BCUT2D eigenvalue weighted by molar-refractivity contribution is 7.80. The number of hydrazone groups is 1. The molecular weight excluding hydrogens is 250 g/mol. The summed E-state index contributed by atoms with van der Waals surface area (Å²) in [5, 5.41) is 7.74. The van der Waals surface area contributed by atoms with Crippen molar-refractivity contribution in [1.29, 1.82) is 0 Å². The molecule has 0 amide bonds. The van der Waals surface area contributed by atoms with E-state index in [9.17, 15) is 0 Å². The highest BCUT2D eigenvalue weighted by Gasteiger charge is 2.05. The molecule has 0 saturated carbocycles. The zero-order chi connectivity index (χ0) is 13.0. The van der Waals surface area contributed by atoms with Crippen LogP contribution in [0.3, 0.4) is 0 Å². The normalized spacial score (nSPS) is 10.7. The highest BCUT2D eigenvalue weighted by Crippen LogP contribution is 2.17. The zero-order valence-corrected chi connectivity index (χ0v) is 10.4. The Labute approximate surface area is 109 Å². The van der Waals surface area contributed by atoms with E-state index in [-0.39, 0.29) is 5.11 Å². The molecule has 2 aromatic rings. The number of aryl methyl sites for hydroxylation is 1. The van der Waals surface area contributed by atoms with Crippen molar-refractivity contribution in [2.24, 2.45) is 10.8 Å². The SMILES string of the molecule is Cc1noc(-c2cccc(C=NNC(N)=S)c2)n1. The molecule has 0 atom stereocenters. The first-order valence-electron chi connectivity index (χ1n) is 5.14. The fraction of sp³-hybridized carbons (Fsp3) is 0.0909. The van der Waals surface area contributed by atoms with Gasteiger partial charge in [0.25, 0.3) is 5.89 Å². The van der Waals surface area contributed by atoms with Crippen molar-refractivity contribution in [3.8, 4) is 11.5 Å². The van der Waals surface area contributed by atoms with Gasteiger partial charge in [0.2, 0.25) is 0 Å². The van der Waals surface area contributed by atoms with E-state index in [0.717, 1.165) is 11.1 Å². The molecule has 1 heterocycles. The van der Waals surface area contributed by atoms with Gasteiger partial charge in [-0.25, -0.2) is 0 Å². The maximum atomic E-state index is 5.25. The fourth-order valence-electron chi connectivity index (χ4n) is 1.34. The molecule has 0 saturated heterocycles. The quantitative estimate of drug-likeness (QED) is 0.490. The molecule has 7 heteroatoms. The Hall–Kier alpha value is -2.28. The molecule has 0 spiro atoms. The largest absolute Gasteiger partial charge is 0.375 e. The number of aromatic nitrogens is 2. The number of nitrogens with two attached hydrogens (primary N) is 1. The first-order valence-corrected chi connectivity index (χ1v) is 5.55. The molecule has 18 heavy (non-hydrogen) atoms. The van der Waals surface area contributed by atoms with E-state index in [0.29, 0.717) is 11.7 Å². The Bertz CT molecular complexity index is 593. The van der Waals surface area contributed by atoms with E-state index in [1.54, 1.807) is 13.1 Å². The van der Waals surface area contributed by atoms with Crippen molar-refractivity contribution in [1.82, 2.24) is 15.6 Å². The minimum atomic E-state index is 0.120. The van der Waals surface area contributed by atoms with Crippen LogP contribution in [0.2, 0.25) is 0 Å². The van der Waals surface area contributed by atoms with Crippen LogP contribution in [0.4, 0.5) is 0 Å². The summed E-state index contributed by atoms with van der Waals surface area (Å²) < 4.78 is 5.09. The van der Waals surface area contributed by atoms with Crippen LogP contribution in [0.15, 0.2) is 33.9 Å². The van der Waals surface area contributed by atoms with Gasteiger partial charge in [-0.1, -0.05) is 17.3 Å². The molecule has 2 rings (SSSR count). The summed E-state index contributed by atoms with van der Waals surface area (Å²) in [7, 11) is 0. The molecule has 0 aliphatic rings. The topological polar surface area (TPSA) is 89.3 Å². The van der Waals surface area contributed by atoms with Crippen LogP contribution in [-0.2, 0) is 0 Å². The Morgan fingerprint density at radius 2 is 2.39 bits per heavy atom. The smallest absolute Gasteiger partial charge is 0.257 e. The van der Waals surface area contributed by atoms with Crippen LogP contribution in [0.1, 0.15) is 11.4 Å². The van der Waals surface area contributed by atoms with E-state index in [1.165, 1.54) is 0 Å². The molecule has 3 N–H and O–H groups in total. The third-order valence-corrected chi connectivity index (χ3v) is 2.14. The number of nitrogens with one attached hydrogen (secondary N) is 1. The molecule has 0 bridgehead atoms. The molecule has 0 fully saturated rings. The van der Waals surface area contributed by atoms with Gasteiger partial charge in [-0.15, -0.1) is 0 Å². The van der Waals surface area contributed by atoms with E-state index in [4.69, 9.17) is 10.3 Å². The lowest BCUT2D eigenvalue weighted by Crippen LogP contribution is -2.23. The number of hydrogen-bond acceptors (Lipinski definition) is 5. The lowest BCUT2D eigenvalue weighted by molar-refractivity contribution is 0.425. The molecule has 92 valence electrons. The second kappa shape index (κ2) is 5.37. The summed E-state index contributed by atoms with van der Waals surface area (Å²) in [6, 6.07) is 7.51. The molecule has 0 aliphatic heterocycles. The van der Waals surface area contributed by atoms with E-state index in [1.807, 2.05) is 24.3 Å². The van der Waals surface area contributed by atoms with Crippen LogP contribution >= 0.6 is 12.2 Å². The molecule has 6 nitrogen and oxygen atoms in total. The maximum absolute atomic E-state index is 5.25. The van der Waals surface area contributed by atoms with E-state index in [2.05, 4.69) is 32.9 Å². The summed E-state index contributed by atoms with van der Waals surface area (Å²) in [5.41, 5.74) is 9.43. The summed E-state index contributed by atoms with van der Waals surface area (Å²) in [6.45, 7) is 1.77. The van der Waals surface area contributed by atoms with Gasteiger partial charge in [0.1, 0.15) is 0 Å². The van der Waals surface area contributed by atoms with Crippen molar-refractivity contribution in [3.05, 3.63) is 35.7 Å². The third kappa shape index (κ3) is 3.11. The Morgan fingerprint density at radius 1 is 1.56 bits per heavy atom. The van der Waals surface area contributed by atoms with E-state index < -0.39 is 0 Å². The molecule has 0 radical (unpaired) electrons. The summed E-state index contributed by atoms with van der Waals surface area (Å²) in [4.78, 5) is 4.15. The first kappa shape index (κ1) is 12.2. The summed E-state index contributed by atoms with van der Waals surface area (Å²) in [6.07, 6.45) is 1.60. The van der Waals surface area contributed by atoms with Crippen LogP contribution < -0.4 is 11.2 Å². The molecular formula is C11H11N5OS. The molecule has 1 aromatic carbocycles. The first-order chi connectivity index (χ1) is 8.65. The number of hydrogen-bond donors (Lipinski definition) is 2. The van der Waals surface area contributed by atoms with Crippen LogP contribution in [0.5, 0.6) is 0 Å². The molecule has 0 unspecified atom stereocenters. The Balaban J connectivity index is 2.20. The maximum Gasteiger partial charge on any atom is 0.257 e. The van der Waals surface area contributed by atoms with Crippen LogP contribution in [0, 0.1) is 6.92 Å². The van der Waals surface area contributed by atoms with Gasteiger partial charge in [0, 0.05) is 5.56 Å². The Kier molecular flexibility index (Phi) is 3.63. The minimum Gasteiger partial charge on any atom is -0.375 e. The van der Waals surface area contributed by atoms with Crippen molar-refractivity contribution in [2.75, 3.05) is 0 Å². The monoisotopic (exact) mass is 261 g/mol. The lowest BCUT2D eigenvalue weighted by Gasteiger charge is -1.97.